The van der Waals surface area contributed by atoms with Crippen LogP contribution in [-0.4, -0.2) is 76.5 Å². The maximum Gasteiger partial charge on any atom is 0.246 e. The molecule has 0 aromatic heterocycles. The normalized spacial score (nSPS) is 16.0. The van der Waals surface area contributed by atoms with E-state index >= 15 is 0 Å². The van der Waals surface area contributed by atoms with Gasteiger partial charge in [-0.1, -0.05) is 0 Å². The number of likely N-dealkylation sites (tertiary alicyclic amines) is 1. The number of nitrogens with zero attached hydrogens (tertiary/aromatic N) is 1. The van der Waals surface area contributed by atoms with Crippen LogP contribution in [0.1, 0.15) is 19.3 Å². The predicted molar refractivity (Wildman–Crippen MR) is 76.9 cm³/mol. The minimum atomic E-state index is -0.115. The fourth-order valence-corrected chi connectivity index (χ4v) is 2.20. The molecule has 122 valence electrons. The first-order valence-electron chi connectivity index (χ1n) is 7.30. The van der Waals surface area contributed by atoms with Crippen molar-refractivity contribution in [1.29, 1.82) is 0 Å². The van der Waals surface area contributed by atoms with E-state index in [2.05, 4.69) is 5.32 Å². The van der Waals surface area contributed by atoms with Gasteiger partial charge in [0.1, 0.15) is 6.61 Å². The van der Waals surface area contributed by atoms with Crippen LogP contribution in [-0.2, 0) is 23.8 Å². The van der Waals surface area contributed by atoms with Crippen molar-refractivity contribution in [2.24, 2.45) is 0 Å². The van der Waals surface area contributed by atoms with Gasteiger partial charge in [0.15, 0.2) is 0 Å². The summed E-state index contributed by atoms with van der Waals surface area (Å²) < 4.78 is 14.9. The molecule has 1 aliphatic heterocycles. The van der Waals surface area contributed by atoms with Crippen molar-refractivity contribution in [2.45, 2.75) is 25.3 Å². The highest BCUT2D eigenvalue weighted by Gasteiger charge is 2.23. The number of nitrogens with one attached hydrogen (secondary N) is 1. The molecule has 0 aromatic carbocycles. The Bertz CT molecular complexity index is 316. The van der Waals surface area contributed by atoms with Gasteiger partial charge in [-0.05, 0) is 12.8 Å². The lowest BCUT2D eigenvalue weighted by atomic mass is 10.0. The number of amides is 2. The predicted octanol–water partition coefficient (Wildman–Crippen LogP) is -0.207. The summed E-state index contributed by atoms with van der Waals surface area (Å²) in [5.41, 5.74) is 0. The van der Waals surface area contributed by atoms with Crippen LogP contribution in [0, 0.1) is 0 Å². The molecule has 7 heteroatoms. The van der Waals surface area contributed by atoms with Crippen LogP contribution < -0.4 is 5.32 Å². The van der Waals surface area contributed by atoms with E-state index in [9.17, 15) is 9.59 Å². The lowest BCUT2D eigenvalue weighted by Crippen LogP contribution is -2.47. The number of hydrogen-bond donors (Lipinski definition) is 1. The van der Waals surface area contributed by atoms with Crippen molar-refractivity contribution in [3.05, 3.63) is 0 Å². The summed E-state index contributed by atoms with van der Waals surface area (Å²) in [6.07, 6.45) is 1.98. The van der Waals surface area contributed by atoms with E-state index in [0.717, 1.165) is 12.8 Å². The number of piperidine rings is 1. The third-order valence-corrected chi connectivity index (χ3v) is 3.40. The maximum absolute atomic E-state index is 11.8. The Morgan fingerprint density at radius 3 is 2.38 bits per heavy atom. The lowest BCUT2D eigenvalue weighted by molar-refractivity contribution is -0.133. The Morgan fingerprint density at radius 1 is 1.10 bits per heavy atom. The molecule has 1 N–H and O–H groups in total. The van der Waals surface area contributed by atoms with Gasteiger partial charge >= 0.3 is 0 Å². The average Bonchev–Trinajstić information content (AvgIpc) is 2.50. The van der Waals surface area contributed by atoms with Crippen LogP contribution in [0.25, 0.3) is 0 Å². The average molecular weight is 302 g/mol. The summed E-state index contributed by atoms with van der Waals surface area (Å²) in [7, 11) is 3.18. The first-order valence-corrected chi connectivity index (χ1v) is 7.30. The van der Waals surface area contributed by atoms with Gasteiger partial charge in [0.05, 0.1) is 26.2 Å². The van der Waals surface area contributed by atoms with E-state index in [1.807, 2.05) is 4.90 Å². The molecule has 0 bridgehead atoms. The van der Waals surface area contributed by atoms with Crippen LogP contribution in [0.15, 0.2) is 0 Å². The number of hydrogen-bond acceptors (Lipinski definition) is 5. The van der Waals surface area contributed by atoms with E-state index in [1.54, 1.807) is 14.2 Å². The summed E-state index contributed by atoms with van der Waals surface area (Å²) in [6, 6.07) is 0.120. The summed E-state index contributed by atoms with van der Waals surface area (Å²) in [5.74, 6) is -0.000196. The zero-order valence-electron chi connectivity index (χ0n) is 12.9. The molecule has 0 saturated carbocycles. The van der Waals surface area contributed by atoms with Gasteiger partial charge in [0.2, 0.25) is 11.8 Å². The van der Waals surface area contributed by atoms with Crippen molar-refractivity contribution < 1.29 is 23.8 Å². The lowest BCUT2D eigenvalue weighted by Gasteiger charge is -2.32. The highest BCUT2D eigenvalue weighted by atomic mass is 16.5. The number of ether oxygens (including phenoxy) is 3. The van der Waals surface area contributed by atoms with E-state index in [1.165, 1.54) is 0 Å². The molecule has 21 heavy (non-hydrogen) atoms. The van der Waals surface area contributed by atoms with Gasteiger partial charge in [-0.15, -0.1) is 0 Å². The molecule has 0 radical (unpaired) electrons. The topological polar surface area (TPSA) is 77.1 Å². The van der Waals surface area contributed by atoms with E-state index in [-0.39, 0.29) is 24.5 Å². The Morgan fingerprint density at radius 2 is 1.76 bits per heavy atom. The Labute approximate surface area is 125 Å². The van der Waals surface area contributed by atoms with Crippen LogP contribution >= 0.6 is 0 Å². The smallest absolute Gasteiger partial charge is 0.246 e. The highest BCUT2D eigenvalue weighted by Crippen LogP contribution is 2.11. The number of rotatable bonds is 9. The molecule has 0 spiro atoms. The third-order valence-electron chi connectivity index (χ3n) is 3.40. The molecule has 1 heterocycles. The molecule has 0 atom stereocenters. The highest BCUT2D eigenvalue weighted by molar-refractivity contribution is 5.78. The summed E-state index contributed by atoms with van der Waals surface area (Å²) in [4.78, 5) is 25.3. The standard InChI is InChI=1S/C14H26N2O5/c1-19-8-5-14(18)16-6-3-12(4-7-16)15-13(17)11-21-10-9-20-2/h12H,3-11H2,1-2H3,(H,15,17). The fraction of sp³-hybridized carbons (Fsp3) is 0.857. The molecule has 0 unspecified atom stereocenters. The fourth-order valence-electron chi connectivity index (χ4n) is 2.20. The zero-order chi connectivity index (χ0) is 15.5. The van der Waals surface area contributed by atoms with Crippen LogP contribution in [0.2, 0.25) is 0 Å². The van der Waals surface area contributed by atoms with Crippen LogP contribution in [0.3, 0.4) is 0 Å². The molecule has 0 aromatic rings. The second-order valence-electron chi connectivity index (χ2n) is 5.01. The van der Waals surface area contributed by atoms with Crippen molar-refractivity contribution in [1.82, 2.24) is 10.2 Å². The molecule has 1 aliphatic rings. The van der Waals surface area contributed by atoms with E-state index in [4.69, 9.17) is 14.2 Å². The molecule has 2 amide bonds. The first-order chi connectivity index (χ1) is 10.2. The number of methoxy groups -OCH3 is 2. The number of carbonyl (C=O) groups excluding carboxylic acids is 2. The minimum Gasteiger partial charge on any atom is -0.384 e. The van der Waals surface area contributed by atoms with Gasteiger partial charge in [0, 0.05) is 33.4 Å². The second-order valence-corrected chi connectivity index (χ2v) is 5.01. The van der Waals surface area contributed by atoms with Crippen LogP contribution in [0.5, 0.6) is 0 Å². The summed E-state index contributed by atoms with van der Waals surface area (Å²) >= 11 is 0. The SMILES string of the molecule is COCCOCC(=O)NC1CCN(C(=O)CCOC)CC1. The quantitative estimate of drug-likeness (QED) is 0.597. The van der Waals surface area contributed by atoms with E-state index < -0.39 is 0 Å². The Hall–Kier alpha value is -1.18. The molecule has 1 saturated heterocycles. The van der Waals surface area contributed by atoms with Gasteiger partial charge in [-0.25, -0.2) is 0 Å². The molecule has 0 aliphatic carbocycles. The molecular formula is C14H26N2O5. The second kappa shape index (κ2) is 10.5. The van der Waals surface area contributed by atoms with Gasteiger partial charge in [0.25, 0.3) is 0 Å². The van der Waals surface area contributed by atoms with Crippen molar-refractivity contribution in [3.63, 3.8) is 0 Å². The largest absolute Gasteiger partial charge is 0.384 e. The maximum atomic E-state index is 11.8. The van der Waals surface area contributed by atoms with Crippen molar-refractivity contribution in [3.8, 4) is 0 Å². The summed E-state index contributed by atoms with van der Waals surface area (Å²) in [6.45, 7) is 2.76. The zero-order valence-corrected chi connectivity index (χ0v) is 12.9. The van der Waals surface area contributed by atoms with Gasteiger partial charge in [-0.2, -0.15) is 0 Å². The number of carbonyl (C=O) groups is 2. The van der Waals surface area contributed by atoms with Crippen molar-refractivity contribution in [2.75, 3.05) is 53.7 Å². The molecular weight excluding hydrogens is 276 g/mol. The third kappa shape index (κ3) is 7.40. The van der Waals surface area contributed by atoms with Gasteiger partial charge < -0.3 is 24.4 Å². The molecule has 7 nitrogen and oxygen atoms in total. The Kier molecular flexibility index (Phi) is 8.96. The first kappa shape index (κ1) is 17.9. The molecule has 1 fully saturated rings. The minimum absolute atomic E-state index is 0.0519. The summed E-state index contributed by atoms with van der Waals surface area (Å²) in [5, 5.41) is 2.93. The monoisotopic (exact) mass is 302 g/mol. The Balaban J connectivity index is 2.15. The van der Waals surface area contributed by atoms with Gasteiger partial charge in [-0.3, -0.25) is 9.59 Å². The van der Waals surface area contributed by atoms with Crippen molar-refractivity contribution >= 4 is 11.8 Å². The van der Waals surface area contributed by atoms with E-state index in [0.29, 0.717) is 39.3 Å². The molecule has 1 rings (SSSR count). The van der Waals surface area contributed by atoms with Crippen LogP contribution in [0.4, 0.5) is 0 Å².